The predicted molar refractivity (Wildman–Crippen MR) is 102 cm³/mol. The van der Waals surface area contributed by atoms with Gasteiger partial charge in [0.05, 0.1) is 6.61 Å². The van der Waals surface area contributed by atoms with Crippen LogP contribution in [0.3, 0.4) is 0 Å². The van der Waals surface area contributed by atoms with Gasteiger partial charge in [-0.3, -0.25) is 9.69 Å². The van der Waals surface area contributed by atoms with Crippen molar-refractivity contribution in [3.63, 3.8) is 0 Å². The van der Waals surface area contributed by atoms with Crippen molar-refractivity contribution in [1.29, 1.82) is 0 Å². The Morgan fingerprint density at radius 1 is 1.23 bits per heavy atom. The maximum absolute atomic E-state index is 12.9. The van der Waals surface area contributed by atoms with Crippen molar-refractivity contribution in [3.8, 4) is 5.75 Å². The van der Waals surface area contributed by atoms with Crippen LogP contribution in [0.2, 0.25) is 0 Å². The first kappa shape index (κ1) is 19.1. The molecule has 0 bridgehead atoms. The molecule has 1 amide bonds. The Labute approximate surface area is 156 Å². The summed E-state index contributed by atoms with van der Waals surface area (Å²) in [5.74, 6) is 0.880. The number of piperazine rings is 1. The summed E-state index contributed by atoms with van der Waals surface area (Å²) in [6.07, 6.45) is 3.02. The van der Waals surface area contributed by atoms with Crippen LogP contribution in [0.1, 0.15) is 35.2 Å². The molecule has 2 aliphatic heterocycles. The molecule has 0 aromatic heterocycles. The van der Waals surface area contributed by atoms with Gasteiger partial charge in [0, 0.05) is 51.0 Å². The highest BCUT2D eigenvalue weighted by Crippen LogP contribution is 2.22. The molecule has 0 unspecified atom stereocenters. The molecule has 26 heavy (non-hydrogen) atoms. The van der Waals surface area contributed by atoms with Crippen LogP contribution < -0.4 is 10.5 Å². The third-order valence-electron chi connectivity index (χ3n) is 5.35. The Balaban J connectivity index is 1.56. The molecule has 2 fully saturated rings. The molecule has 0 saturated carbocycles. The van der Waals surface area contributed by atoms with Gasteiger partial charge in [0.2, 0.25) is 0 Å². The number of ether oxygens (including phenoxy) is 2. The molecule has 3 rings (SSSR count). The molecule has 6 heteroatoms. The van der Waals surface area contributed by atoms with Crippen LogP contribution in [0.25, 0.3) is 0 Å². The van der Waals surface area contributed by atoms with E-state index in [9.17, 15) is 4.79 Å². The van der Waals surface area contributed by atoms with Crippen molar-refractivity contribution in [2.75, 3.05) is 52.5 Å². The number of nitrogens with two attached hydrogens (primary N) is 1. The smallest absolute Gasteiger partial charge is 0.254 e. The zero-order valence-electron chi connectivity index (χ0n) is 15.8. The van der Waals surface area contributed by atoms with Gasteiger partial charge < -0.3 is 20.1 Å². The molecular formula is C20H31N3O3. The van der Waals surface area contributed by atoms with E-state index in [-0.39, 0.29) is 5.91 Å². The first-order valence-electron chi connectivity index (χ1n) is 9.73. The van der Waals surface area contributed by atoms with Gasteiger partial charge >= 0.3 is 0 Å². The summed E-state index contributed by atoms with van der Waals surface area (Å²) < 4.78 is 11.2. The molecule has 0 radical (unpaired) electrons. The van der Waals surface area contributed by atoms with Crippen LogP contribution in [0.5, 0.6) is 5.75 Å². The van der Waals surface area contributed by atoms with Gasteiger partial charge in [0.25, 0.3) is 5.91 Å². The SMILES string of the molecule is Cc1ccc(C(=O)N2CCN(C3CCOCC3)CC2)cc1OCCCN. The molecule has 1 aromatic carbocycles. The van der Waals surface area contributed by atoms with Crippen molar-refractivity contribution in [2.24, 2.45) is 5.73 Å². The number of benzene rings is 1. The third kappa shape index (κ3) is 4.75. The first-order chi connectivity index (χ1) is 12.7. The van der Waals surface area contributed by atoms with Crippen LogP contribution >= 0.6 is 0 Å². The van der Waals surface area contributed by atoms with Gasteiger partial charge in [-0.25, -0.2) is 0 Å². The van der Waals surface area contributed by atoms with Gasteiger partial charge in [0.1, 0.15) is 5.75 Å². The van der Waals surface area contributed by atoms with E-state index in [2.05, 4.69) is 4.90 Å². The largest absolute Gasteiger partial charge is 0.493 e. The van der Waals surface area contributed by atoms with Gasteiger partial charge in [-0.1, -0.05) is 6.07 Å². The summed E-state index contributed by atoms with van der Waals surface area (Å²) in [6.45, 7) is 8.37. The minimum Gasteiger partial charge on any atom is -0.493 e. The maximum atomic E-state index is 12.9. The van der Waals surface area contributed by atoms with Gasteiger partial charge in [-0.2, -0.15) is 0 Å². The van der Waals surface area contributed by atoms with Gasteiger partial charge in [0.15, 0.2) is 0 Å². The number of nitrogens with zero attached hydrogens (tertiary/aromatic N) is 2. The van der Waals surface area contributed by atoms with E-state index in [1.807, 2.05) is 30.0 Å². The summed E-state index contributed by atoms with van der Waals surface area (Å²) in [5, 5.41) is 0. The second-order valence-electron chi connectivity index (χ2n) is 7.14. The number of aryl methyl sites for hydroxylation is 1. The lowest BCUT2D eigenvalue weighted by Gasteiger charge is -2.40. The highest BCUT2D eigenvalue weighted by atomic mass is 16.5. The molecule has 0 aliphatic carbocycles. The van der Waals surface area contributed by atoms with E-state index >= 15 is 0 Å². The number of rotatable bonds is 6. The van der Waals surface area contributed by atoms with Crippen LogP contribution in [0.4, 0.5) is 0 Å². The van der Waals surface area contributed by atoms with Gasteiger partial charge in [-0.05, 0) is 50.4 Å². The molecule has 6 nitrogen and oxygen atoms in total. The molecular weight excluding hydrogens is 330 g/mol. The van der Waals surface area contributed by atoms with Crippen LogP contribution in [-0.4, -0.2) is 74.3 Å². The van der Waals surface area contributed by atoms with E-state index in [1.54, 1.807) is 0 Å². The highest BCUT2D eigenvalue weighted by molar-refractivity contribution is 5.94. The normalized spacial score (nSPS) is 19.5. The number of carbonyl (C=O) groups is 1. The Morgan fingerprint density at radius 3 is 2.65 bits per heavy atom. The zero-order chi connectivity index (χ0) is 18.4. The number of amides is 1. The summed E-state index contributed by atoms with van der Waals surface area (Å²) in [6, 6.07) is 6.35. The molecule has 1 aromatic rings. The summed E-state index contributed by atoms with van der Waals surface area (Å²) in [5.41, 5.74) is 7.27. The Kier molecular flexibility index (Phi) is 6.88. The number of carbonyl (C=O) groups excluding carboxylic acids is 1. The van der Waals surface area contributed by atoms with Crippen molar-refractivity contribution in [2.45, 2.75) is 32.2 Å². The van der Waals surface area contributed by atoms with E-state index in [1.165, 1.54) is 0 Å². The highest BCUT2D eigenvalue weighted by Gasteiger charge is 2.27. The van der Waals surface area contributed by atoms with E-state index < -0.39 is 0 Å². The lowest BCUT2D eigenvalue weighted by atomic mass is 10.1. The standard InChI is InChI=1S/C20H31N3O3/c1-16-3-4-17(15-19(16)26-12-2-7-21)20(24)23-10-8-22(9-11-23)18-5-13-25-14-6-18/h3-4,15,18H,2,5-14,21H2,1H3. The summed E-state index contributed by atoms with van der Waals surface area (Å²) in [4.78, 5) is 17.4. The number of hydrogen-bond acceptors (Lipinski definition) is 5. The third-order valence-corrected chi connectivity index (χ3v) is 5.35. The fourth-order valence-corrected chi connectivity index (χ4v) is 3.68. The fraction of sp³-hybridized carbons (Fsp3) is 0.650. The van der Waals surface area contributed by atoms with E-state index in [0.29, 0.717) is 24.8 Å². The fourth-order valence-electron chi connectivity index (χ4n) is 3.68. The summed E-state index contributed by atoms with van der Waals surface area (Å²) >= 11 is 0. The Bertz CT molecular complexity index is 594. The lowest BCUT2D eigenvalue weighted by molar-refractivity contribution is 0.0137. The molecule has 144 valence electrons. The first-order valence-corrected chi connectivity index (χ1v) is 9.73. The molecule has 2 N–H and O–H groups in total. The maximum Gasteiger partial charge on any atom is 0.254 e. The van der Waals surface area contributed by atoms with Crippen molar-refractivity contribution >= 4 is 5.91 Å². The van der Waals surface area contributed by atoms with Crippen LogP contribution in [0.15, 0.2) is 18.2 Å². The zero-order valence-corrected chi connectivity index (χ0v) is 15.8. The van der Waals surface area contributed by atoms with Gasteiger partial charge in [-0.15, -0.1) is 0 Å². The minimum absolute atomic E-state index is 0.0975. The van der Waals surface area contributed by atoms with Crippen LogP contribution in [-0.2, 0) is 4.74 Å². The van der Waals surface area contributed by atoms with Crippen molar-refractivity contribution in [1.82, 2.24) is 9.80 Å². The molecule has 2 heterocycles. The lowest BCUT2D eigenvalue weighted by Crippen LogP contribution is -2.53. The average Bonchev–Trinajstić information content (AvgIpc) is 2.70. The molecule has 2 saturated heterocycles. The van der Waals surface area contributed by atoms with Crippen LogP contribution in [0, 0.1) is 6.92 Å². The number of hydrogen-bond donors (Lipinski definition) is 1. The quantitative estimate of drug-likeness (QED) is 0.781. The molecule has 2 aliphatic rings. The molecule has 0 spiro atoms. The second kappa shape index (κ2) is 9.35. The average molecular weight is 361 g/mol. The predicted octanol–water partition coefficient (Wildman–Crippen LogP) is 1.66. The van der Waals surface area contributed by atoms with Crippen molar-refractivity contribution in [3.05, 3.63) is 29.3 Å². The summed E-state index contributed by atoms with van der Waals surface area (Å²) in [7, 11) is 0. The Hall–Kier alpha value is -1.63. The van der Waals surface area contributed by atoms with Crippen molar-refractivity contribution < 1.29 is 14.3 Å². The minimum atomic E-state index is 0.0975. The topological polar surface area (TPSA) is 68.0 Å². The Morgan fingerprint density at radius 2 is 1.96 bits per heavy atom. The second-order valence-corrected chi connectivity index (χ2v) is 7.14. The monoisotopic (exact) mass is 361 g/mol. The molecule has 0 atom stereocenters. The van der Waals surface area contributed by atoms with E-state index in [4.69, 9.17) is 15.2 Å². The van der Waals surface area contributed by atoms with E-state index in [0.717, 1.165) is 70.0 Å².